The monoisotopic (exact) mass is 525 g/mol. The number of nitrogens with zero attached hydrogens (tertiary/aromatic N) is 1. The van der Waals surface area contributed by atoms with Gasteiger partial charge in [-0.15, -0.1) is 11.8 Å². The Kier molecular flexibility index (Phi) is 6.48. The molecule has 10 heteroatoms. The first-order chi connectivity index (χ1) is 15.3. The molecule has 3 fully saturated rings. The molecule has 8 nitrogen and oxygen atoms in total. The van der Waals surface area contributed by atoms with Crippen molar-refractivity contribution in [3.05, 3.63) is 24.3 Å². The van der Waals surface area contributed by atoms with Gasteiger partial charge in [0.15, 0.2) is 0 Å². The number of carbonyl (C=O) groups excluding carboxylic acids is 3. The second-order valence-electron chi connectivity index (χ2n) is 8.49. The van der Waals surface area contributed by atoms with Crippen molar-refractivity contribution in [2.45, 2.75) is 46.7 Å². The van der Waals surface area contributed by atoms with E-state index in [0.717, 1.165) is 0 Å². The molecule has 0 aliphatic carbocycles. The average molecular weight is 526 g/mol. The maximum Gasteiger partial charge on any atom is 0.248 e. The van der Waals surface area contributed by atoms with Gasteiger partial charge in [-0.05, 0) is 37.1 Å². The zero-order chi connectivity index (χ0) is 23.2. The van der Waals surface area contributed by atoms with E-state index in [1.165, 1.54) is 0 Å². The molecule has 4 rings (SSSR count). The lowest BCUT2D eigenvalue weighted by Gasteiger charge is -2.37. The number of methoxy groups -OCH3 is 1. The molecule has 0 radical (unpaired) electrons. The Morgan fingerprint density at radius 3 is 2.59 bits per heavy atom. The van der Waals surface area contributed by atoms with E-state index in [-0.39, 0.29) is 34.4 Å². The van der Waals surface area contributed by atoms with E-state index in [4.69, 9.17) is 4.74 Å². The molecular formula is C22H28BrN3O5S. The topological polar surface area (TPSA) is 108 Å². The molecule has 1 spiro atoms. The molecule has 1 aromatic carbocycles. The first kappa shape index (κ1) is 23.4. The fraction of sp³-hybridized carbons (Fsp3) is 0.591. The number of aliphatic hydroxyl groups is 1. The third-order valence-electron chi connectivity index (χ3n) is 6.96. The summed E-state index contributed by atoms with van der Waals surface area (Å²) in [5, 5.41) is 15.6. The number of aliphatic hydroxyl groups excluding tert-OH is 1. The lowest BCUT2D eigenvalue weighted by Crippen LogP contribution is -2.55. The SMILES string of the molecule is CC[C@@H](CO)N1C(=O)[C@@H]2[C@@H](C(=O)NC)[C@@H]3SC2(CC3Br)C1C(=O)Nc1ccc(OC)cc1. The highest BCUT2D eigenvalue weighted by Crippen LogP contribution is 2.68. The number of carbonyl (C=O) groups is 3. The fourth-order valence-electron chi connectivity index (χ4n) is 5.53. The summed E-state index contributed by atoms with van der Waals surface area (Å²) >= 11 is 5.29. The second kappa shape index (κ2) is 8.87. The predicted molar refractivity (Wildman–Crippen MR) is 126 cm³/mol. The lowest BCUT2D eigenvalue weighted by atomic mass is 9.70. The van der Waals surface area contributed by atoms with Crippen LogP contribution >= 0.6 is 27.7 Å². The van der Waals surface area contributed by atoms with Crippen LogP contribution in [0.25, 0.3) is 0 Å². The van der Waals surface area contributed by atoms with Crippen LogP contribution < -0.4 is 15.4 Å². The summed E-state index contributed by atoms with van der Waals surface area (Å²) in [6.45, 7) is 1.64. The molecular weight excluding hydrogens is 498 g/mol. The summed E-state index contributed by atoms with van der Waals surface area (Å²) in [6, 6.07) is 5.72. The number of rotatable bonds is 7. The van der Waals surface area contributed by atoms with Crippen LogP contribution in [0.2, 0.25) is 0 Å². The van der Waals surface area contributed by atoms with Gasteiger partial charge >= 0.3 is 0 Å². The van der Waals surface area contributed by atoms with Gasteiger partial charge in [-0.3, -0.25) is 14.4 Å². The van der Waals surface area contributed by atoms with Crippen LogP contribution in [-0.2, 0) is 14.4 Å². The van der Waals surface area contributed by atoms with Crippen LogP contribution in [-0.4, -0.2) is 75.4 Å². The van der Waals surface area contributed by atoms with Crippen LogP contribution in [0.4, 0.5) is 5.69 Å². The number of amides is 3. The molecule has 0 saturated carbocycles. The molecule has 1 aromatic rings. The number of anilines is 1. The maximum atomic E-state index is 13.7. The van der Waals surface area contributed by atoms with Gasteiger partial charge in [0.1, 0.15) is 11.8 Å². The molecule has 174 valence electrons. The van der Waals surface area contributed by atoms with Gasteiger partial charge in [0.05, 0.1) is 36.3 Å². The molecule has 3 N–H and O–H groups in total. The summed E-state index contributed by atoms with van der Waals surface area (Å²) in [5.74, 6) is -1.15. The highest BCUT2D eigenvalue weighted by atomic mass is 79.9. The molecule has 0 aromatic heterocycles. The summed E-state index contributed by atoms with van der Waals surface area (Å²) in [5.41, 5.74) is 0.593. The van der Waals surface area contributed by atoms with Crippen molar-refractivity contribution in [3.63, 3.8) is 0 Å². The number of nitrogens with one attached hydrogen (secondary N) is 2. The van der Waals surface area contributed by atoms with Gasteiger partial charge in [-0.2, -0.15) is 0 Å². The van der Waals surface area contributed by atoms with Crippen molar-refractivity contribution in [2.24, 2.45) is 11.8 Å². The van der Waals surface area contributed by atoms with Gasteiger partial charge < -0.3 is 25.4 Å². The van der Waals surface area contributed by atoms with E-state index in [1.807, 2.05) is 6.92 Å². The number of hydrogen-bond donors (Lipinski definition) is 3. The number of halogens is 1. The van der Waals surface area contributed by atoms with E-state index in [9.17, 15) is 19.5 Å². The Morgan fingerprint density at radius 1 is 1.34 bits per heavy atom. The van der Waals surface area contributed by atoms with Gasteiger partial charge in [-0.1, -0.05) is 22.9 Å². The number of benzene rings is 1. The Bertz CT molecular complexity index is 911. The van der Waals surface area contributed by atoms with E-state index >= 15 is 0 Å². The highest BCUT2D eigenvalue weighted by Gasteiger charge is 2.76. The molecule has 3 aliphatic rings. The van der Waals surface area contributed by atoms with Gasteiger partial charge in [0.2, 0.25) is 17.7 Å². The number of hydrogen-bond acceptors (Lipinski definition) is 6. The average Bonchev–Trinajstić information content (AvgIpc) is 3.38. The van der Waals surface area contributed by atoms with Crippen molar-refractivity contribution in [3.8, 4) is 5.75 Å². The number of ether oxygens (including phenoxy) is 1. The predicted octanol–water partition coefficient (Wildman–Crippen LogP) is 1.62. The van der Waals surface area contributed by atoms with Crippen LogP contribution in [0, 0.1) is 11.8 Å². The van der Waals surface area contributed by atoms with Crippen molar-refractivity contribution in [1.29, 1.82) is 0 Å². The summed E-state index contributed by atoms with van der Waals surface area (Å²) in [6.07, 6.45) is 1.11. The first-order valence-corrected chi connectivity index (χ1v) is 12.5. The highest BCUT2D eigenvalue weighted by molar-refractivity contribution is 9.09. The van der Waals surface area contributed by atoms with E-state index in [2.05, 4.69) is 26.6 Å². The number of fused-ring (bicyclic) bond motifs is 1. The number of thioether (sulfide) groups is 1. The molecule has 3 unspecified atom stereocenters. The molecule has 32 heavy (non-hydrogen) atoms. The molecule has 2 bridgehead atoms. The van der Waals surface area contributed by atoms with Crippen molar-refractivity contribution >= 4 is 51.1 Å². The standard InChI is InChI=1S/C22H28BrN3O5S/c1-4-12(10-27)26-18(20(29)25-11-5-7-13(31-3)8-6-11)22-9-14(23)17(32-22)15(19(28)24-2)16(22)21(26)30/h5-8,12,14-18,27H,4,9-10H2,1-3H3,(H,24,28)(H,25,29)/t12-,14?,15+,16-,17+,18?,22?/m0/s1. The fourth-order valence-corrected chi connectivity index (χ4v) is 9.13. The summed E-state index contributed by atoms with van der Waals surface area (Å²) in [4.78, 5) is 41.8. The maximum absolute atomic E-state index is 13.7. The molecule has 3 heterocycles. The van der Waals surface area contributed by atoms with Crippen LogP contribution in [0.3, 0.4) is 0 Å². The summed E-state index contributed by atoms with van der Waals surface area (Å²) < 4.78 is 4.45. The first-order valence-electron chi connectivity index (χ1n) is 10.7. The molecule has 3 saturated heterocycles. The van der Waals surface area contributed by atoms with Crippen molar-refractivity contribution in [2.75, 3.05) is 26.1 Å². The van der Waals surface area contributed by atoms with Gasteiger partial charge in [-0.25, -0.2) is 0 Å². The van der Waals surface area contributed by atoms with Crippen molar-refractivity contribution in [1.82, 2.24) is 10.2 Å². The molecule has 7 atom stereocenters. The zero-order valence-corrected chi connectivity index (χ0v) is 20.6. The minimum absolute atomic E-state index is 0.0179. The second-order valence-corrected chi connectivity index (χ2v) is 11.2. The largest absolute Gasteiger partial charge is 0.497 e. The Hall–Kier alpha value is -1.78. The lowest BCUT2D eigenvalue weighted by molar-refractivity contribution is -0.142. The normalized spacial score (nSPS) is 33.7. The minimum atomic E-state index is -0.788. The summed E-state index contributed by atoms with van der Waals surface area (Å²) in [7, 11) is 3.14. The Morgan fingerprint density at radius 2 is 2.03 bits per heavy atom. The van der Waals surface area contributed by atoms with E-state index in [1.54, 1.807) is 55.1 Å². The van der Waals surface area contributed by atoms with Crippen LogP contribution in [0.1, 0.15) is 19.8 Å². The smallest absolute Gasteiger partial charge is 0.248 e. The third kappa shape index (κ3) is 3.42. The van der Waals surface area contributed by atoms with Crippen LogP contribution in [0.15, 0.2) is 24.3 Å². The molecule has 3 aliphatic heterocycles. The molecule has 3 amide bonds. The number of alkyl halides is 1. The van der Waals surface area contributed by atoms with Crippen molar-refractivity contribution < 1.29 is 24.2 Å². The Balaban J connectivity index is 1.74. The quantitative estimate of drug-likeness (QED) is 0.467. The van der Waals surface area contributed by atoms with Gasteiger partial charge in [0.25, 0.3) is 0 Å². The van der Waals surface area contributed by atoms with Crippen LogP contribution in [0.5, 0.6) is 5.75 Å². The minimum Gasteiger partial charge on any atom is -0.497 e. The van der Waals surface area contributed by atoms with Gasteiger partial charge in [0, 0.05) is 22.8 Å². The van der Waals surface area contributed by atoms with E-state index < -0.39 is 28.7 Å². The third-order valence-corrected chi connectivity index (χ3v) is 10.2. The number of likely N-dealkylation sites (tertiary alicyclic amines) is 1. The zero-order valence-electron chi connectivity index (χ0n) is 18.2. The Labute approximate surface area is 199 Å². The van der Waals surface area contributed by atoms with E-state index in [0.29, 0.717) is 24.3 Å².